The van der Waals surface area contributed by atoms with Crippen molar-refractivity contribution in [2.75, 3.05) is 26.2 Å². The summed E-state index contributed by atoms with van der Waals surface area (Å²) >= 11 is 0. The van der Waals surface area contributed by atoms with E-state index in [4.69, 9.17) is 4.84 Å². The van der Waals surface area contributed by atoms with Gasteiger partial charge in [0.05, 0.1) is 5.71 Å². The van der Waals surface area contributed by atoms with Crippen LogP contribution >= 0.6 is 0 Å². The van der Waals surface area contributed by atoms with Gasteiger partial charge in [0.15, 0.2) is 0 Å². The molecule has 1 saturated carbocycles. The summed E-state index contributed by atoms with van der Waals surface area (Å²) in [5.74, 6) is -0.0464. The van der Waals surface area contributed by atoms with E-state index in [1.54, 1.807) is 0 Å². The molecule has 2 aliphatic heterocycles. The molecule has 1 aliphatic carbocycles. The molecule has 1 aromatic carbocycles. The van der Waals surface area contributed by atoms with Crippen LogP contribution in [0.2, 0.25) is 0 Å². The maximum absolute atomic E-state index is 12.7. The highest BCUT2D eigenvalue weighted by atomic mass is 16.7. The van der Waals surface area contributed by atoms with E-state index in [9.17, 15) is 4.79 Å². The third kappa shape index (κ3) is 3.56. The summed E-state index contributed by atoms with van der Waals surface area (Å²) in [6.45, 7) is 6.13. The number of hydrogen-bond acceptors (Lipinski definition) is 4. The van der Waals surface area contributed by atoms with E-state index in [0.29, 0.717) is 6.42 Å². The monoisotopic (exact) mass is 341 g/mol. The van der Waals surface area contributed by atoms with E-state index in [0.717, 1.165) is 24.4 Å². The lowest BCUT2D eigenvalue weighted by molar-refractivity contribution is -0.142. The molecule has 3 aliphatic rings. The molecule has 25 heavy (non-hydrogen) atoms. The molecule has 5 heteroatoms. The van der Waals surface area contributed by atoms with Gasteiger partial charge >= 0.3 is 0 Å². The van der Waals surface area contributed by atoms with Gasteiger partial charge in [-0.2, -0.15) is 0 Å². The van der Waals surface area contributed by atoms with Gasteiger partial charge in [0.1, 0.15) is 0 Å². The van der Waals surface area contributed by atoms with Crippen molar-refractivity contribution in [2.45, 2.75) is 44.6 Å². The lowest BCUT2D eigenvalue weighted by Crippen LogP contribution is -2.47. The molecular formula is C20H27N3O2. The van der Waals surface area contributed by atoms with Crippen LogP contribution in [0.3, 0.4) is 0 Å². The Kier molecular flexibility index (Phi) is 4.28. The van der Waals surface area contributed by atoms with Crippen LogP contribution in [0.1, 0.15) is 44.6 Å². The number of benzene rings is 1. The molecule has 0 bridgehead atoms. The van der Waals surface area contributed by atoms with Crippen LogP contribution < -0.4 is 5.32 Å². The highest BCUT2D eigenvalue weighted by Crippen LogP contribution is 2.46. The van der Waals surface area contributed by atoms with Gasteiger partial charge in [-0.05, 0) is 51.3 Å². The molecular weight excluding hydrogens is 314 g/mol. The number of carbonyl (C=O) groups excluding carboxylic acids is 1. The summed E-state index contributed by atoms with van der Waals surface area (Å²) < 4.78 is 0. The molecule has 0 radical (unpaired) electrons. The third-order valence-electron chi connectivity index (χ3n) is 5.79. The smallest absolute Gasteiger partial charge is 0.267 e. The SMILES string of the molecule is CC1(C(=O)NCC2(CN3CCCC3)CC2)CC(c2ccccc2)=NO1. The van der Waals surface area contributed by atoms with Crippen molar-refractivity contribution < 1.29 is 9.63 Å². The highest BCUT2D eigenvalue weighted by Gasteiger charge is 2.47. The minimum Gasteiger partial charge on any atom is -0.379 e. The number of likely N-dealkylation sites (tertiary alicyclic amines) is 1. The number of rotatable bonds is 6. The Morgan fingerprint density at radius 1 is 1.24 bits per heavy atom. The summed E-state index contributed by atoms with van der Waals surface area (Å²) in [5.41, 5.74) is 1.26. The second-order valence-corrected chi connectivity index (χ2v) is 8.07. The van der Waals surface area contributed by atoms with Crippen molar-refractivity contribution in [3.05, 3.63) is 35.9 Å². The third-order valence-corrected chi connectivity index (χ3v) is 5.79. The Balaban J connectivity index is 1.31. The van der Waals surface area contributed by atoms with Gasteiger partial charge in [-0.3, -0.25) is 4.79 Å². The Morgan fingerprint density at radius 2 is 1.96 bits per heavy atom. The fourth-order valence-electron chi connectivity index (χ4n) is 3.88. The van der Waals surface area contributed by atoms with Crippen molar-refractivity contribution in [2.24, 2.45) is 10.6 Å². The van der Waals surface area contributed by atoms with E-state index in [1.807, 2.05) is 37.3 Å². The van der Waals surface area contributed by atoms with E-state index < -0.39 is 5.60 Å². The minimum absolute atomic E-state index is 0.0464. The molecule has 134 valence electrons. The molecule has 0 aromatic heterocycles. The van der Waals surface area contributed by atoms with Gasteiger partial charge < -0.3 is 15.1 Å². The topological polar surface area (TPSA) is 53.9 Å². The van der Waals surface area contributed by atoms with Crippen LogP contribution in [-0.4, -0.2) is 48.3 Å². The second kappa shape index (κ2) is 6.45. The first-order chi connectivity index (χ1) is 12.1. The summed E-state index contributed by atoms with van der Waals surface area (Å²) in [4.78, 5) is 20.8. The largest absolute Gasteiger partial charge is 0.379 e. The Morgan fingerprint density at radius 3 is 2.64 bits per heavy atom. The minimum atomic E-state index is -0.894. The molecule has 0 spiro atoms. The van der Waals surface area contributed by atoms with Crippen LogP contribution in [0, 0.1) is 5.41 Å². The van der Waals surface area contributed by atoms with Crippen molar-refractivity contribution in [3.63, 3.8) is 0 Å². The zero-order valence-electron chi connectivity index (χ0n) is 15.0. The molecule has 2 fully saturated rings. The summed E-state index contributed by atoms with van der Waals surface area (Å²) in [5, 5.41) is 7.32. The zero-order chi connectivity index (χ0) is 17.3. The number of nitrogens with zero attached hydrogens (tertiary/aromatic N) is 2. The zero-order valence-corrected chi connectivity index (χ0v) is 15.0. The van der Waals surface area contributed by atoms with Gasteiger partial charge in [-0.15, -0.1) is 0 Å². The normalized spacial score (nSPS) is 27.6. The summed E-state index contributed by atoms with van der Waals surface area (Å²) in [6, 6.07) is 9.93. The first kappa shape index (κ1) is 16.6. The van der Waals surface area contributed by atoms with E-state index in [1.165, 1.54) is 38.8 Å². The number of oxime groups is 1. The lowest BCUT2D eigenvalue weighted by atomic mass is 9.94. The summed E-state index contributed by atoms with van der Waals surface area (Å²) in [7, 11) is 0. The number of hydrogen-bond donors (Lipinski definition) is 1. The van der Waals surface area contributed by atoms with Gasteiger partial charge in [0.2, 0.25) is 5.60 Å². The first-order valence-corrected chi connectivity index (χ1v) is 9.40. The Labute approximate surface area is 149 Å². The summed E-state index contributed by atoms with van der Waals surface area (Å²) in [6.07, 6.45) is 5.57. The molecule has 4 rings (SSSR count). The van der Waals surface area contributed by atoms with Gasteiger partial charge in [0.25, 0.3) is 5.91 Å². The second-order valence-electron chi connectivity index (χ2n) is 8.07. The molecule has 1 atom stereocenters. The van der Waals surface area contributed by atoms with Crippen molar-refractivity contribution in [3.8, 4) is 0 Å². The van der Waals surface area contributed by atoms with E-state index in [-0.39, 0.29) is 11.3 Å². The number of carbonyl (C=O) groups is 1. The van der Waals surface area contributed by atoms with Crippen LogP contribution in [0.5, 0.6) is 0 Å². The van der Waals surface area contributed by atoms with Gasteiger partial charge in [-0.25, -0.2) is 0 Å². The quantitative estimate of drug-likeness (QED) is 0.865. The van der Waals surface area contributed by atoms with Crippen molar-refractivity contribution in [1.82, 2.24) is 10.2 Å². The first-order valence-electron chi connectivity index (χ1n) is 9.40. The van der Waals surface area contributed by atoms with Gasteiger partial charge in [0, 0.05) is 24.9 Å². The fourth-order valence-corrected chi connectivity index (χ4v) is 3.88. The Hall–Kier alpha value is -1.88. The van der Waals surface area contributed by atoms with Crippen LogP contribution in [0.4, 0.5) is 0 Å². The molecule has 1 unspecified atom stereocenters. The molecule has 1 amide bonds. The molecule has 2 heterocycles. The van der Waals surface area contributed by atoms with Gasteiger partial charge in [-0.1, -0.05) is 35.5 Å². The van der Waals surface area contributed by atoms with E-state index in [2.05, 4.69) is 15.4 Å². The number of nitrogens with one attached hydrogen (secondary N) is 1. The molecule has 1 N–H and O–H groups in total. The average Bonchev–Trinajstić information content (AvgIpc) is 3.01. The molecule has 1 saturated heterocycles. The molecule has 1 aromatic rings. The fraction of sp³-hybridized carbons (Fsp3) is 0.600. The van der Waals surface area contributed by atoms with Crippen LogP contribution in [0.25, 0.3) is 0 Å². The van der Waals surface area contributed by atoms with Crippen LogP contribution in [0.15, 0.2) is 35.5 Å². The maximum Gasteiger partial charge on any atom is 0.267 e. The highest BCUT2D eigenvalue weighted by molar-refractivity contribution is 6.05. The van der Waals surface area contributed by atoms with Crippen LogP contribution in [-0.2, 0) is 9.63 Å². The standard InChI is InChI=1S/C20H27N3O2/c1-19(13-17(22-25-19)16-7-3-2-4-8-16)18(24)21-14-20(9-10-20)15-23-11-5-6-12-23/h2-4,7-8H,5-6,9-15H2,1H3,(H,21,24). The number of amides is 1. The Bertz CT molecular complexity index is 663. The lowest BCUT2D eigenvalue weighted by Gasteiger charge is -2.26. The maximum atomic E-state index is 12.7. The predicted molar refractivity (Wildman–Crippen MR) is 97.4 cm³/mol. The molecule has 5 nitrogen and oxygen atoms in total. The predicted octanol–water partition coefficient (Wildman–Crippen LogP) is 2.56. The van der Waals surface area contributed by atoms with Crippen molar-refractivity contribution in [1.29, 1.82) is 0 Å². The van der Waals surface area contributed by atoms with E-state index >= 15 is 0 Å². The van der Waals surface area contributed by atoms with Crippen molar-refractivity contribution >= 4 is 11.6 Å². The average molecular weight is 341 g/mol.